The summed E-state index contributed by atoms with van der Waals surface area (Å²) < 4.78 is 0. The highest BCUT2D eigenvalue weighted by atomic mass is 15.3. The second-order valence-electron chi connectivity index (χ2n) is 5.86. The van der Waals surface area contributed by atoms with E-state index in [1.807, 2.05) is 0 Å². The number of hydrogen-bond donors (Lipinski definition) is 2. The molecule has 2 atom stereocenters. The number of hydrogen-bond acceptors (Lipinski definition) is 2. The van der Waals surface area contributed by atoms with Crippen LogP contribution in [0.3, 0.4) is 0 Å². The van der Waals surface area contributed by atoms with Gasteiger partial charge in [0.15, 0.2) is 0 Å². The average Bonchev–Trinajstić information content (AvgIpc) is 2.29. The topological polar surface area (TPSA) is 24.1 Å². The van der Waals surface area contributed by atoms with Gasteiger partial charge in [-0.05, 0) is 24.2 Å². The Morgan fingerprint density at radius 2 is 1.47 bits per heavy atom. The second kappa shape index (κ2) is 11.0. The molecule has 0 aromatic heterocycles. The molecule has 0 aliphatic carbocycles. The SMILES string of the molecule is CCNNCCC(C)CCCCC(C)C(C)C. The maximum absolute atomic E-state index is 3.24. The molecule has 0 heterocycles. The third kappa shape index (κ3) is 10.8. The fraction of sp³-hybridized carbons (Fsp3) is 1.00. The first-order valence-corrected chi connectivity index (χ1v) is 7.53. The molecule has 2 heteroatoms. The molecule has 0 aromatic carbocycles. The predicted molar refractivity (Wildman–Crippen MR) is 77.9 cm³/mol. The minimum absolute atomic E-state index is 0.844. The Hall–Kier alpha value is -0.0800. The molecule has 0 amide bonds. The maximum atomic E-state index is 3.24. The summed E-state index contributed by atoms with van der Waals surface area (Å²) in [6, 6.07) is 0. The third-order valence-corrected chi connectivity index (χ3v) is 3.81. The van der Waals surface area contributed by atoms with Crippen molar-refractivity contribution in [3.8, 4) is 0 Å². The van der Waals surface area contributed by atoms with Crippen molar-refractivity contribution in [2.24, 2.45) is 17.8 Å². The van der Waals surface area contributed by atoms with Crippen LogP contribution in [0.4, 0.5) is 0 Å². The van der Waals surface area contributed by atoms with E-state index in [0.29, 0.717) is 0 Å². The zero-order valence-corrected chi connectivity index (χ0v) is 12.7. The normalized spacial score (nSPS) is 15.2. The molecule has 17 heavy (non-hydrogen) atoms. The highest BCUT2D eigenvalue weighted by Gasteiger charge is 2.07. The maximum Gasteiger partial charge on any atom is 0.0102 e. The van der Waals surface area contributed by atoms with Gasteiger partial charge in [0, 0.05) is 13.1 Å². The summed E-state index contributed by atoms with van der Waals surface area (Å²) in [5, 5.41) is 0. The van der Waals surface area contributed by atoms with Crippen molar-refractivity contribution in [1.29, 1.82) is 0 Å². The molecule has 0 radical (unpaired) electrons. The zero-order valence-electron chi connectivity index (χ0n) is 12.7. The summed E-state index contributed by atoms with van der Waals surface area (Å²) in [7, 11) is 0. The summed E-state index contributed by atoms with van der Waals surface area (Å²) in [6.45, 7) is 13.6. The van der Waals surface area contributed by atoms with Gasteiger partial charge in [-0.15, -0.1) is 0 Å². The Morgan fingerprint density at radius 3 is 2.06 bits per heavy atom. The van der Waals surface area contributed by atoms with Gasteiger partial charge in [-0.3, -0.25) is 10.9 Å². The molecule has 2 nitrogen and oxygen atoms in total. The van der Waals surface area contributed by atoms with Crippen molar-refractivity contribution < 1.29 is 0 Å². The first-order chi connectivity index (χ1) is 8.07. The first-order valence-electron chi connectivity index (χ1n) is 7.53. The van der Waals surface area contributed by atoms with Crippen molar-refractivity contribution in [3.05, 3.63) is 0 Å². The number of rotatable bonds is 11. The van der Waals surface area contributed by atoms with Crippen LogP contribution in [0.5, 0.6) is 0 Å². The molecular weight excluding hydrogens is 208 g/mol. The zero-order chi connectivity index (χ0) is 13.1. The van der Waals surface area contributed by atoms with Crippen molar-refractivity contribution in [1.82, 2.24) is 10.9 Å². The lowest BCUT2D eigenvalue weighted by molar-refractivity contribution is 0.362. The molecule has 0 rings (SSSR count). The van der Waals surface area contributed by atoms with Crippen LogP contribution in [0.2, 0.25) is 0 Å². The predicted octanol–water partition coefficient (Wildman–Crippen LogP) is 3.98. The lowest BCUT2D eigenvalue weighted by Crippen LogP contribution is -2.32. The van der Waals surface area contributed by atoms with Crippen molar-refractivity contribution in [2.45, 2.75) is 66.7 Å². The quantitative estimate of drug-likeness (QED) is 0.423. The van der Waals surface area contributed by atoms with Gasteiger partial charge in [0.1, 0.15) is 0 Å². The van der Waals surface area contributed by atoms with Crippen LogP contribution in [0.25, 0.3) is 0 Å². The Labute approximate surface area is 109 Å². The number of hydrazine groups is 1. The lowest BCUT2D eigenvalue weighted by Gasteiger charge is -2.16. The smallest absolute Gasteiger partial charge is 0.0102 e. The molecular formula is C15H34N2. The van der Waals surface area contributed by atoms with E-state index in [1.54, 1.807) is 0 Å². The molecule has 0 saturated heterocycles. The van der Waals surface area contributed by atoms with Crippen LogP contribution in [0, 0.1) is 17.8 Å². The van der Waals surface area contributed by atoms with Gasteiger partial charge in [-0.25, -0.2) is 0 Å². The largest absolute Gasteiger partial charge is 0.258 e. The van der Waals surface area contributed by atoms with Crippen LogP contribution >= 0.6 is 0 Å². The molecule has 0 bridgehead atoms. The number of unbranched alkanes of at least 4 members (excludes halogenated alkanes) is 1. The Morgan fingerprint density at radius 1 is 0.824 bits per heavy atom. The molecule has 104 valence electrons. The van der Waals surface area contributed by atoms with E-state index in [1.165, 1.54) is 32.1 Å². The molecule has 0 saturated carbocycles. The highest BCUT2D eigenvalue weighted by molar-refractivity contribution is 4.60. The van der Waals surface area contributed by atoms with Gasteiger partial charge in [0.2, 0.25) is 0 Å². The van der Waals surface area contributed by atoms with E-state index in [9.17, 15) is 0 Å². The van der Waals surface area contributed by atoms with E-state index in [0.717, 1.165) is 30.8 Å². The Kier molecular flexibility index (Phi) is 11.0. The summed E-state index contributed by atoms with van der Waals surface area (Å²) in [6.07, 6.45) is 6.88. The fourth-order valence-corrected chi connectivity index (χ4v) is 1.97. The number of nitrogens with one attached hydrogen (secondary N) is 2. The van der Waals surface area contributed by atoms with E-state index in [-0.39, 0.29) is 0 Å². The lowest BCUT2D eigenvalue weighted by atomic mass is 9.91. The van der Waals surface area contributed by atoms with Crippen LogP contribution < -0.4 is 10.9 Å². The standard InChI is InChI=1S/C15H34N2/c1-6-16-17-12-11-14(4)9-7-8-10-15(5)13(2)3/h13-17H,6-12H2,1-5H3. The summed E-state index contributed by atoms with van der Waals surface area (Å²) in [5.74, 6) is 2.59. The van der Waals surface area contributed by atoms with E-state index in [4.69, 9.17) is 0 Å². The molecule has 2 N–H and O–H groups in total. The van der Waals surface area contributed by atoms with Crippen LogP contribution in [-0.4, -0.2) is 13.1 Å². The molecule has 0 aliphatic heterocycles. The minimum atomic E-state index is 0.844. The van der Waals surface area contributed by atoms with Crippen molar-refractivity contribution in [3.63, 3.8) is 0 Å². The van der Waals surface area contributed by atoms with Crippen LogP contribution in [0.1, 0.15) is 66.7 Å². The highest BCUT2D eigenvalue weighted by Crippen LogP contribution is 2.19. The molecule has 0 aliphatic rings. The molecule has 0 fully saturated rings. The van der Waals surface area contributed by atoms with Gasteiger partial charge < -0.3 is 0 Å². The summed E-state index contributed by atoms with van der Waals surface area (Å²) >= 11 is 0. The van der Waals surface area contributed by atoms with E-state index < -0.39 is 0 Å². The van der Waals surface area contributed by atoms with Crippen molar-refractivity contribution in [2.75, 3.05) is 13.1 Å². The third-order valence-electron chi connectivity index (χ3n) is 3.81. The summed E-state index contributed by atoms with van der Waals surface area (Å²) in [4.78, 5) is 0. The van der Waals surface area contributed by atoms with E-state index in [2.05, 4.69) is 45.5 Å². The van der Waals surface area contributed by atoms with Crippen molar-refractivity contribution >= 4 is 0 Å². The Bertz CT molecular complexity index is 157. The average molecular weight is 242 g/mol. The van der Waals surface area contributed by atoms with Gasteiger partial charge in [-0.2, -0.15) is 0 Å². The van der Waals surface area contributed by atoms with Gasteiger partial charge in [0.05, 0.1) is 0 Å². The van der Waals surface area contributed by atoms with Gasteiger partial charge in [0.25, 0.3) is 0 Å². The molecule has 0 aromatic rings. The second-order valence-corrected chi connectivity index (χ2v) is 5.86. The molecule has 2 unspecified atom stereocenters. The van der Waals surface area contributed by atoms with E-state index >= 15 is 0 Å². The summed E-state index contributed by atoms with van der Waals surface area (Å²) in [5.41, 5.74) is 6.39. The fourth-order valence-electron chi connectivity index (χ4n) is 1.97. The first kappa shape index (κ1) is 16.9. The Balaban J connectivity index is 3.30. The van der Waals surface area contributed by atoms with Crippen LogP contribution in [0.15, 0.2) is 0 Å². The van der Waals surface area contributed by atoms with Crippen LogP contribution in [-0.2, 0) is 0 Å². The van der Waals surface area contributed by atoms with Gasteiger partial charge in [-0.1, -0.05) is 60.3 Å². The molecule has 0 spiro atoms. The minimum Gasteiger partial charge on any atom is -0.258 e. The van der Waals surface area contributed by atoms with Gasteiger partial charge >= 0.3 is 0 Å². The monoisotopic (exact) mass is 242 g/mol.